The molecule has 0 bridgehead atoms. The molecule has 0 radical (unpaired) electrons. The van der Waals surface area contributed by atoms with Crippen LogP contribution in [0.25, 0.3) is 0 Å². The van der Waals surface area contributed by atoms with Crippen molar-refractivity contribution in [2.75, 3.05) is 20.3 Å². The normalized spacial score (nSPS) is 27.6. The van der Waals surface area contributed by atoms with Crippen LogP contribution in [0.5, 0.6) is 0 Å². The molecular weight excluding hydrogens is 392 g/mol. The van der Waals surface area contributed by atoms with E-state index in [1.165, 1.54) is 6.92 Å². The average molecular weight is 429 g/mol. The molecule has 0 aromatic carbocycles. The molecule has 2 N–H and O–H groups in total. The minimum absolute atomic E-state index is 0.158. The SMILES string of the molecule is CNC(CC(C)C)C(=O)O[C@H]1COC2C1OC[C@H]2OC(=O)C(CC(C)C)NC(C)=O. The molecule has 6 atom stereocenters. The molecule has 4 unspecified atom stereocenters. The van der Waals surface area contributed by atoms with Crippen molar-refractivity contribution in [2.45, 2.75) is 84.0 Å². The second kappa shape index (κ2) is 11.1. The maximum Gasteiger partial charge on any atom is 0.329 e. The van der Waals surface area contributed by atoms with E-state index < -0.39 is 42.5 Å². The molecule has 172 valence electrons. The van der Waals surface area contributed by atoms with Crippen LogP contribution in [0.1, 0.15) is 47.5 Å². The van der Waals surface area contributed by atoms with Gasteiger partial charge in [-0.3, -0.25) is 9.59 Å². The van der Waals surface area contributed by atoms with Gasteiger partial charge in [0.1, 0.15) is 24.3 Å². The smallest absolute Gasteiger partial charge is 0.329 e. The largest absolute Gasteiger partial charge is 0.456 e. The van der Waals surface area contributed by atoms with Gasteiger partial charge >= 0.3 is 11.9 Å². The fourth-order valence-electron chi connectivity index (χ4n) is 3.83. The highest BCUT2D eigenvalue weighted by molar-refractivity contribution is 5.83. The van der Waals surface area contributed by atoms with Crippen LogP contribution in [0.4, 0.5) is 0 Å². The van der Waals surface area contributed by atoms with Crippen molar-refractivity contribution in [2.24, 2.45) is 11.8 Å². The van der Waals surface area contributed by atoms with Gasteiger partial charge in [0.15, 0.2) is 12.2 Å². The van der Waals surface area contributed by atoms with E-state index in [4.69, 9.17) is 18.9 Å². The molecule has 2 aliphatic heterocycles. The third-order valence-electron chi connectivity index (χ3n) is 5.21. The van der Waals surface area contributed by atoms with Gasteiger partial charge in [-0.2, -0.15) is 0 Å². The van der Waals surface area contributed by atoms with Crippen LogP contribution in [-0.2, 0) is 33.3 Å². The standard InChI is InChI=1S/C21H36N2O7/c1-11(2)7-14(22-6)20(25)29-16-9-27-19-17(10-28-18(16)19)30-21(26)15(8-12(3)4)23-13(5)24/h11-12,14-19,22H,7-10H2,1-6H3,(H,23,24)/t14?,15?,16-,17+,18?,19?/m0/s1. The van der Waals surface area contributed by atoms with E-state index in [-0.39, 0.29) is 31.0 Å². The summed E-state index contributed by atoms with van der Waals surface area (Å²) in [5.41, 5.74) is 0. The number of nitrogens with one attached hydrogen (secondary N) is 2. The number of likely N-dealkylation sites (N-methyl/N-ethyl adjacent to an activating group) is 1. The lowest BCUT2D eigenvalue weighted by Crippen LogP contribution is -2.45. The van der Waals surface area contributed by atoms with Gasteiger partial charge in [0.05, 0.1) is 13.2 Å². The highest BCUT2D eigenvalue weighted by Crippen LogP contribution is 2.31. The Morgan fingerprint density at radius 2 is 1.30 bits per heavy atom. The summed E-state index contributed by atoms with van der Waals surface area (Å²) in [4.78, 5) is 36.5. The Morgan fingerprint density at radius 3 is 1.70 bits per heavy atom. The molecule has 2 rings (SSSR count). The predicted molar refractivity (Wildman–Crippen MR) is 109 cm³/mol. The average Bonchev–Trinajstić information content (AvgIpc) is 3.21. The number of carbonyl (C=O) groups is 3. The molecule has 30 heavy (non-hydrogen) atoms. The van der Waals surface area contributed by atoms with Gasteiger partial charge in [-0.15, -0.1) is 0 Å². The Balaban J connectivity index is 1.93. The van der Waals surface area contributed by atoms with Crippen LogP contribution >= 0.6 is 0 Å². The van der Waals surface area contributed by atoms with Crippen molar-refractivity contribution in [3.8, 4) is 0 Å². The molecule has 0 spiro atoms. The van der Waals surface area contributed by atoms with Gasteiger partial charge in [0.2, 0.25) is 5.91 Å². The minimum atomic E-state index is -0.719. The van der Waals surface area contributed by atoms with E-state index in [2.05, 4.69) is 10.6 Å². The van der Waals surface area contributed by atoms with Crippen LogP contribution in [0.15, 0.2) is 0 Å². The first-order valence-corrected chi connectivity index (χ1v) is 10.7. The van der Waals surface area contributed by atoms with Gasteiger partial charge < -0.3 is 29.6 Å². The number of fused-ring (bicyclic) bond motifs is 1. The highest BCUT2D eigenvalue weighted by Gasteiger charge is 2.51. The fraction of sp³-hybridized carbons (Fsp3) is 0.857. The molecular formula is C21H36N2O7. The molecule has 9 nitrogen and oxygen atoms in total. The summed E-state index contributed by atoms with van der Waals surface area (Å²) >= 11 is 0. The van der Waals surface area contributed by atoms with Gasteiger partial charge in [-0.25, -0.2) is 4.79 Å². The molecule has 2 saturated heterocycles. The Labute approximate surface area is 178 Å². The maximum atomic E-state index is 12.6. The zero-order valence-electron chi connectivity index (χ0n) is 18.8. The van der Waals surface area contributed by atoms with E-state index >= 15 is 0 Å². The van der Waals surface area contributed by atoms with Crippen LogP contribution < -0.4 is 10.6 Å². The first kappa shape index (κ1) is 24.6. The zero-order valence-corrected chi connectivity index (χ0v) is 18.8. The number of ether oxygens (including phenoxy) is 4. The van der Waals surface area contributed by atoms with Crippen molar-refractivity contribution in [1.82, 2.24) is 10.6 Å². The highest BCUT2D eigenvalue weighted by atomic mass is 16.7. The van der Waals surface area contributed by atoms with E-state index in [0.29, 0.717) is 18.8 Å². The van der Waals surface area contributed by atoms with Gasteiger partial charge in [0.25, 0.3) is 0 Å². The molecule has 0 aromatic heterocycles. The zero-order chi connectivity index (χ0) is 22.4. The maximum absolute atomic E-state index is 12.6. The minimum Gasteiger partial charge on any atom is -0.456 e. The fourth-order valence-corrected chi connectivity index (χ4v) is 3.83. The number of hydrogen-bond acceptors (Lipinski definition) is 8. The summed E-state index contributed by atoms with van der Waals surface area (Å²) in [7, 11) is 1.73. The second-order valence-corrected chi connectivity index (χ2v) is 8.90. The Hall–Kier alpha value is -1.71. The number of carbonyl (C=O) groups excluding carboxylic acids is 3. The van der Waals surface area contributed by atoms with Crippen molar-refractivity contribution >= 4 is 17.8 Å². The number of rotatable bonds is 10. The van der Waals surface area contributed by atoms with E-state index in [9.17, 15) is 14.4 Å². The molecule has 9 heteroatoms. The van der Waals surface area contributed by atoms with E-state index in [1.807, 2.05) is 27.7 Å². The summed E-state index contributed by atoms with van der Waals surface area (Å²) in [6, 6.07) is -1.11. The molecule has 2 fully saturated rings. The molecule has 0 saturated carbocycles. The topological polar surface area (TPSA) is 112 Å². The van der Waals surface area contributed by atoms with E-state index in [0.717, 1.165) is 0 Å². The van der Waals surface area contributed by atoms with Crippen molar-refractivity contribution < 1.29 is 33.3 Å². The third kappa shape index (κ3) is 6.65. The van der Waals surface area contributed by atoms with Crippen molar-refractivity contribution in [3.05, 3.63) is 0 Å². The Bertz CT molecular complexity index is 610. The van der Waals surface area contributed by atoms with Crippen LogP contribution in [0.2, 0.25) is 0 Å². The predicted octanol–water partition coefficient (Wildman–Crippen LogP) is 0.793. The van der Waals surface area contributed by atoms with Crippen LogP contribution in [0.3, 0.4) is 0 Å². The Kier molecular flexibility index (Phi) is 9.06. The number of hydrogen-bond donors (Lipinski definition) is 2. The second-order valence-electron chi connectivity index (χ2n) is 8.90. The summed E-state index contributed by atoms with van der Waals surface area (Å²) < 4.78 is 22.7. The summed E-state index contributed by atoms with van der Waals surface area (Å²) in [6.45, 7) is 9.73. The molecule has 2 heterocycles. The van der Waals surface area contributed by atoms with Gasteiger partial charge in [-0.1, -0.05) is 27.7 Å². The van der Waals surface area contributed by atoms with Crippen LogP contribution in [-0.4, -0.2) is 74.6 Å². The number of amides is 1. The lowest BCUT2D eigenvalue weighted by molar-refractivity contribution is -0.159. The molecule has 0 aromatic rings. The summed E-state index contributed by atoms with van der Waals surface area (Å²) in [5.74, 6) is -0.588. The molecule has 0 aliphatic carbocycles. The van der Waals surface area contributed by atoms with Gasteiger partial charge in [-0.05, 0) is 31.7 Å². The monoisotopic (exact) mass is 428 g/mol. The first-order chi connectivity index (χ1) is 14.1. The summed E-state index contributed by atoms with van der Waals surface area (Å²) in [6.07, 6.45) is -0.989. The van der Waals surface area contributed by atoms with Crippen LogP contribution in [0, 0.1) is 11.8 Å². The molecule has 2 aliphatic rings. The molecule has 1 amide bonds. The quantitative estimate of drug-likeness (QED) is 0.491. The lowest BCUT2D eigenvalue weighted by atomic mass is 10.0. The van der Waals surface area contributed by atoms with Gasteiger partial charge in [0, 0.05) is 6.92 Å². The first-order valence-electron chi connectivity index (χ1n) is 10.7. The Morgan fingerprint density at radius 1 is 0.867 bits per heavy atom. The lowest BCUT2D eigenvalue weighted by Gasteiger charge is -2.23. The van der Waals surface area contributed by atoms with E-state index in [1.54, 1.807) is 7.05 Å². The third-order valence-corrected chi connectivity index (χ3v) is 5.21. The number of esters is 2. The van der Waals surface area contributed by atoms with Crippen molar-refractivity contribution in [1.29, 1.82) is 0 Å². The summed E-state index contributed by atoms with van der Waals surface area (Å²) in [5, 5.41) is 5.63. The van der Waals surface area contributed by atoms with Crippen molar-refractivity contribution in [3.63, 3.8) is 0 Å².